The minimum Gasteiger partial charge on any atom is -0.464 e. The molecule has 0 saturated carbocycles. The smallest absolute Gasteiger partial charge is 0.355 e. The van der Waals surface area contributed by atoms with Crippen LogP contribution in [0.2, 0.25) is 0 Å². The van der Waals surface area contributed by atoms with Crippen LogP contribution in [0.15, 0.2) is 36.4 Å². The van der Waals surface area contributed by atoms with Crippen LogP contribution in [0.5, 0.6) is 0 Å². The van der Waals surface area contributed by atoms with E-state index in [1.807, 2.05) is 13.0 Å². The average molecular weight is 368 g/mol. The summed E-state index contributed by atoms with van der Waals surface area (Å²) in [5.74, 6) is -0.571. The van der Waals surface area contributed by atoms with Gasteiger partial charge in [0.1, 0.15) is 10.6 Å². The lowest BCUT2D eigenvalue weighted by molar-refractivity contribution is 0.0588. The second kappa shape index (κ2) is 9.58. The third-order valence-corrected chi connectivity index (χ3v) is 5.56. The predicted octanol–water partition coefficient (Wildman–Crippen LogP) is 2.95. The van der Waals surface area contributed by atoms with Gasteiger partial charge in [0.05, 0.1) is 7.11 Å². The first-order valence-electron chi connectivity index (χ1n) is 8.29. The molecule has 0 spiro atoms. The summed E-state index contributed by atoms with van der Waals surface area (Å²) in [6.07, 6.45) is 8.68. The monoisotopic (exact) mass is 368 g/mol. The SMILES string of the molecule is C=CCCCCC(C)NS(=O)(=O)c1cn(C)c(C(=O)OC)c1CC=C. The standard InChI is InChI=1S/C18H28N2O4S/c1-6-8-9-10-12-14(3)19-25(22,23)16-13-20(4)17(18(21)24-5)15(16)11-7-2/h6-7,13-14,19H,1-2,8-12H2,3-5H3. The van der Waals surface area contributed by atoms with Crippen LogP contribution >= 0.6 is 0 Å². The van der Waals surface area contributed by atoms with E-state index in [9.17, 15) is 13.2 Å². The number of unbranched alkanes of at least 4 members (excludes halogenated alkanes) is 2. The summed E-state index contributed by atoms with van der Waals surface area (Å²) in [6.45, 7) is 9.16. The summed E-state index contributed by atoms with van der Waals surface area (Å²) in [6, 6.07) is -0.201. The van der Waals surface area contributed by atoms with Crippen molar-refractivity contribution >= 4 is 16.0 Å². The van der Waals surface area contributed by atoms with Gasteiger partial charge in [0.2, 0.25) is 10.0 Å². The van der Waals surface area contributed by atoms with Crippen molar-refractivity contribution < 1.29 is 17.9 Å². The van der Waals surface area contributed by atoms with Crippen LogP contribution in [0.4, 0.5) is 0 Å². The van der Waals surface area contributed by atoms with Crippen molar-refractivity contribution in [2.24, 2.45) is 7.05 Å². The molecule has 1 aromatic heterocycles. The topological polar surface area (TPSA) is 77.4 Å². The molecule has 0 aliphatic carbocycles. The first-order valence-corrected chi connectivity index (χ1v) is 9.77. The van der Waals surface area contributed by atoms with Gasteiger partial charge in [0.15, 0.2) is 0 Å². The van der Waals surface area contributed by atoms with Crippen molar-refractivity contribution in [2.45, 2.75) is 50.0 Å². The zero-order valence-electron chi connectivity index (χ0n) is 15.2. The fraction of sp³-hybridized carbons (Fsp3) is 0.500. The number of esters is 1. The van der Waals surface area contributed by atoms with Crippen LogP contribution in [0.3, 0.4) is 0 Å². The van der Waals surface area contributed by atoms with Gasteiger partial charge in [0, 0.05) is 24.8 Å². The molecule has 0 fully saturated rings. The first-order chi connectivity index (χ1) is 11.8. The quantitative estimate of drug-likeness (QED) is 0.370. The number of carbonyl (C=O) groups excluding carboxylic acids is 1. The Hall–Kier alpha value is -1.86. The van der Waals surface area contributed by atoms with Crippen molar-refractivity contribution in [2.75, 3.05) is 7.11 Å². The molecule has 1 heterocycles. The summed E-state index contributed by atoms with van der Waals surface area (Å²) in [5.41, 5.74) is 0.622. The van der Waals surface area contributed by atoms with Crippen molar-refractivity contribution in [1.29, 1.82) is 0 Å². The summed E-state index contributed by atoms with van der Waals surface area (Å²) in [7, 11) is -0.855. The maximum atomic E-state index is 12.8. The van der Waals surface area contributed by atoms with Gasteiger partial charge in [-0.15, -0.1) is 13.2 Å². The highest BCUT2D eigenvalue weighted by atomic mass is 32.2. The van der Waals surface area contributed by atoms with Crippen molar-refractivity contribution in [3.8, 4) is 0 Å². The van der Waals surface area contributed by atoms with Crippen LogP contribution in [0.25, 0.3) is 0 Å². The highest BCUT2D eigenvalue weighted by Crippen LogP contribution is 2.24. The Morgan fingerprint density at radius 3 is 2.60 bits per heavy atom. The Bertz CT molecular complexity index is 720. The maximum Gasteiger partial charge on any atom is 0.355 e. The van der Waals surface area contributed by atoms with Crippen LogP contribution in [-0.2, 0) is 28.2 Å². The van der Waals surface area contributed by atoms with E-state index in [1.165, 1.54) is 17.9 Å². The Labute approximate surface area is 150 Å². The van der Waals surface area contributed by atoms with E-state index in [1.54, 1.807) is 13.1 Å². The summed E-state index contributed by atoms with van der Waals surface area (Å²) >= 11 is 0. The molecule has 1 unspecified atom stereocenters. The van der Waals surface area contributed by atoms with Crippen molar-refractivity contribution in [1.82, 2.24) is 9.29 Å². The Morgan fingerprint density at radius 1 is 1.36 bits per heavy atom. The molecule has 1 aromatic rings. The molecular formula is C18H28N2O4S. The van der Waals surface area contributed by atoms with Gasteiger partial charge in [-0.1, -0.05) is 18.6 Å². The van der Waals surface area contributed by atoms with E-state index in [-0.39, 0.29) is 23.1 Å². The summed E-state index contributed by atoms with van der Waals surface area (Å²) in [4.78, 5) is 12.1. The number of nitrogens with one attached hydrogen (secondary N) is 1. The molecule has 1 N–H and O–H groups in total. The third kappa shape index (κ3) is 5.57. The maximum absolute atomic E-state index is 12.8. The van der Waals surface area contributed by atoms with E-state index >= 15 is 0 Å². The summed E-state index contributed by atoms with van der Waals surface area (Å²) in [5, 5.41) is 0. The molecule has 140 valence electrons. The molecule has 0 saturated heterocycles. The molecule has 1 rings (SSSR count). The predicted molar refractivity (Wildman–Crippen MR) is 99.1 cm³/mol. The van der Waals surface area contributed by atoms with E-state index < -0.39 is 16.0 Å². The normalized spacial score (nSPS) is 12.6. The number of aromatic nitrogens is 1. The fourth-order valence-electron chi connectivity index (χ4n) is 2.71. The second-order valence-corrected chi connectivity index (χ2v) is 7.69. The van der Waals surface area contributed by atoms with Gasteiger partial charge < -0.3 is 9.30 Å². The van der Waals surface area contributed by atoms with Crippen molar-refractivity contribution in [3.05, 3.63) is 42.8 Å². The van der Waals surface area contributed by atoms with Crippen LogP contribution < -0.4 is 4.72 Å². The van der Waals surface area contributed by atoms with Gasteiger partial charge in [-0.25, -0.2) is 17.9 Å². The van der Waals surface area contributed by atoms with Gasteiger partial charge in [-0.05, 0) is 32.6 Å². The minimum absolute atomic E-state index is 0.0910. The molecule has 0 bridgehead atoms. The molecular weight excluding hydrogens is 340 g/mol. The molecule has 1 atom stereocenters. The van der Waals surface area contributed by atoms with Gasteiger partial charge in [-0.2, -0.15) is 0 Å². The number of ether oxygens (including phenoxy) is 1. The Morgan fingerprint density at radius 2 is 2.04 bits per heavy atom. The second-order valence-electron chi connectivity index (χ2n) is 6.01. The summed E-state index contributed by atoms with van der Waals surface area (Å²) < 4.78 is 34.5. The zero-order chi connectivity index (χ0) is 19.0. The van der Waals surface area contributed by atoms with Gasteiger partial charge in [0.25, 0.3) is 0 Å². The number of carbonyl (C=O) groups is 1. The number of hydrogen-bond donors (Lipinski definition) is 1. The zero-order valence-corrected chi connectivity index (χ0v) is 16.1. The average Bonchev–Trinajstić information content (AvgIpc) is 2.88. The van der Waals surface area contributed by atoms with Crippen LogP contribution in [-0.4, -0.2) is 32.1 Å². The lowest BCUT2D eigenvalue weighted by Crippen LogP contribution is -2.33. The van der Waals surface area contributed by atoms with E-state index in [0.29, 0.717) is 5.56 Å². The molecule has 0 aliphatic heterocycles. The number of sulfonamides is 1. The number of hydrogen-bond acceptors (Lipinski definition) is 4. The van der Waals surface area contributed by atoms with Crippen molar-refractivity contribution in [3.63, 3.8) is 0 Å². The van der Waals surface area contributed by atoms with E-state index in [0.717, 1.165) is 25.7 Å². The number of methoxy groups -OCH3 is 1. The minimum atomic E-state index is -3.75. The number of allylic oxidation sites excluding steroid dienone is 2. The molecule has 25 heavy (non-hydrogen) atoms. The van der Waals surface area contributed by atoms with Crippen LogP contribution in [0.1, 0.15) is 48.7 Å². The lowest BCUT2D eigenvalue weighted by Gasteiger charge is -2.14. The van der Waals surface area contributed by atoms with Gasteiger partial charge in [-0.3, -0.25) is 0 Å². The first kappa shape index (κ1) is 21.2. The molecule has 0 aliphatic rings. The Balaban J connectivity index is 3.06. The largest absolute Gasteiger partial charge is 0.464 e. The fourth-order valence-corrected chi connectivity index (χ4v) is 4.29. The Kier molecular flexibility index (Phi) is 8.12. The molecule has 0 amide bonds. The van der Waals surface area contributed by atoms with E-state index in [4.69, 9.17) is 4.74 Å². The third-order valence-electron chi connectivity index (χ3n) is 3.92. The molecule has 6 nitrogen and oxygen atoms in total. The number of nitrogens with zero attached hydrogens (tertiary/aromatic N) is 1. The van der Waals surface area contributed by atoms with E-state index in [2.05, 4.69) is 17.9 Å². The number of aryl methyl sites for hydroxylation is 1. The van der Waals surface area contributed by atoms with Gasteiger partial charge >= 0.3 is 5.97 Å². The molecule has 7 heteroatoms. The highest BCUT2D eigenvalue weighted by Gasteiger charge is 2.28. The van der Waals surface area contributed by atoms with Crippen LogP contribution in [0, 0.1) is 0 Å². The highest BCUT2D eigenvalue weighted by molar-refractivity contribution is 7.89. The lowest BCUT2D eigenvalue weighted by atomic mass is 10.1. The molecule has 0 radical (unpaired) electrons. The molecule has 0 aromatic carbocycles. The number of rotatable bonds is 11.